The third-order valence-corrected chi connectivity index (χ3v) is 12.1. The number of nitrogens with two attached hydrogens (primary N) is 1. The number of allylic oxidation sites excluding steroid dienone is 1. The van der Waals surface area contributed by atoms with E-state index < -0.39 is 71.6 Å². The van der Waals surface area contributed by atoms with Crippen molar-refractivity contribution >= 4 is 114 Å². The van der Waals surface area contributed by atoms with Crippen LogP contribution in [-0.2, 0) is 40.5 Å². The van der Waals surface area contributed by atoms with Gasteiger partial charge >= 0.3 is 118 Å². The number of hydrazone groups is 1. The maximum absolute atomic E-state index is 13.4. The molecule has 0 spiro atoms. The largest absolute Gasteiger partial charge is 1.00 e. The molecule has 0 bridgehead atoms. The van der Waals surface area contributed by atoms with E-state index >= 15 is 0 Å². The number of Topliss-reactive ketones (excluding diaryl/α,β-unsaturated/α-hetero) is 1. The predicted octanol–water partition coefficient (Wildman–Crippen LogP) is -6.32. The molecule has 0 aromatic heterocycles. The molecule has 0 amide bonds. The number of benzene rings is 6. The van der Waals surface area contributed by atoms with Gasteiger partial charge in [0.05, 0.1) is 48.0 Å². The molecule has 0 unspecified atom stereocenters. The van der Waals surface area contributed by atoms with Gasteiger partial charge in [0.1, 0.15) is 46.2 Å². The molecule has 0 saturated carbocycles. The van der Waals surface area contributed by atoms with Crippen LogP contribution in [0.15, 0.2) is 148 Å². The van der Waals surface area contributed by atoms with E-state index in [0.29, 0.717) is 0 Å². The van der Waals surface area contributed by atoms with Gasteiger partial charge in [-0.25, -0.2) is 33.7 Å². The van der Waals surface area contributed by atoms with Crippen molar-refractivity contribution in [3.63, 3.8) is 0 Å². The van der Waals surface area contributed by atoms with Crippen LogP contribution in [0.5, 0.6) is 0 Å². The first-order valence-corrected chi connectivity index (χ1v) is 22.1. The van der Waals surface area contributed by atoms with Crippen molar-refractivity contribution in [1.29, 1.82) is 0 Å². The molecule has 6 aromatic carbocycles. The molecule has 306 valence electrons. The van der Waals surface area contributed by atoms with Gasteiger partial charge in [-0.2, -0.15) is 10.2 Å². The smallest absolute Gasteiger partial charge is 0.744 e. The minimum absolute atomic E-state index is 0. The van der Waals surface area contributed by atoms with Crippen molar-refractivity contribution < 1.29 is 175 Å². The molecule has 0 fully saturated rings. The summed E-state index contributed by atoms with van der Waals surface area (Å²) in [6.07, 6.45) is 0.950. The monoisotopic (exact) mass is 979 g/mol. The van der Waals surface area contributed by atoms with Gasteiger partial charge < -0.3 is 23.9 Å². The first-order chi connectivity index (χ1) is 28.1. The van der Waals surface area contributed by atoms with Crippen molar-refractivity contribution in [1.82, 2.24) is 0 Å². The molecule has 20 nitrogen and oxygen atoms in total. The molecule has 0 atom stereocenters. The van der Waals surface area contributed by atoms with E-state index in [-0.39, 0.29) is 185 Å². The molecule has 7 rings (SSSR count). The van der Waals surface area contributed by atoms with Crippen LogP contribution in [-0.4, -0.2) is 63.4 Å². The molecule has 1 aliphatic carbocycles. The Labute approximate surface area is 453 Å². The summed E-state index contributed by atoms with van der Waals surface area (Å²) in [6.45, 7) is 0. The van der Waals surface area contributed by atoms with E-state index in [4.69, 9.17) is 5.73 Å². The van der Waals surface area contributed by atoms with Gasteiger partial charge in [-0.3, -0.25) is 10.2 Å². The Hall–Kier alpha value is -2.64. The zero-order valence-electron chi connectivity index (χ0n) is 33.6. The maximum Gasteiger partial charge on any atom is 1.00 e. The summed E-state index contributed by atoms with van der Waals surface area (Å²) in [4.78, 5) is 10.5. The fourth-order valence-corrected chi connectivity index (χ4v) is 8.12. The summed E-state index contributed by atoms with van der Waals surface area (Å²) >= 11 is 0. The van der Waals surface area contributed by atoms with Crippen molar-refractivity contribution in [3.05, 3.63) is 119 Å². The Balaban J connectivity index is 0.00000272. The van der Waals surface area contributed by atoms with Gasteiger partial charge in [0.25, 0.3) is 0 Å². The Morgan fingerprint density at radius 3 is 1.56 bits per heavy atom. The standard InChI is InChI=1S/C36H25N7O13S4.4Na/c37-20-4-7-25-19(14-20)15-34(60(54,55)56)35(36(25)44)43-42-31-11-13-33(29-18-24(59(51,52)53)6-9-27(29)31)41-40-30-10-12-32(28-17-23(58(48,49)50)5-8-26(28)30)39-38-21-2-1-3-22(16-21)57(45,46)47;;;;/h1-18,42H,37H2,(H,45,46,47)(H,48,49,50)(H,51,52,53)(H,54,55,56);;;;/q;4*+1/p-4/b39-38?,41-40?,43-35+;;;;. The second-order valence-corrected chi connectivity index (χ2v) is 18.1. The topological polar surface area (TPSA) is 346 Å². The molecular weight excluding hydrogens is 959 g/mol. The number of ketones is 1. The molecule has 3 N–H and O–H groups in total. The van der Waals surface area contributed by atoms with Crippen LogP contribution in [0.1, 0.15) is 15.9 Å². The number of nitrogen functional groups attached to an aromatic ring is 1. The molecule has 6 aromatic rings. The van der Waals surface area contributed by atoms with Gasteiger partial charge in [0.15, 0.2) is 0 Å². The Morgan fingerprint density at radius 1 is 0.500 bits per heavy atom. The summed E-state index contributed by atoms with van der Waals surface area (Å²) in [5.41, 5.74) is 7.74. The minimum Gasteiger partial charge on any atom is -0.744 e. The Bertz CT molecular complexity index is 3470. The normalized spacial score (nSPS) is 13.7. The first kappa shape index (κ1) is 55.7. The van der Waals surface area contributed by atoms with Crippen LogP contribution in [0.3, 0.4) is 0 Å². The van der Waals surface area contributed by atoms with Crippen LogP contribution in [0.25, 0.3) is 27.6 Å². The Kier molecular flexibility index (Phi) is 18.7. The number of hydrogen-bond donors (Lipinski definition) is 2. The van der Waals surface area contributed by atoms with Crippen molar-refractivity contribution in [2.45, 2.75) is 14.7 Å². The number of rotatable bonds is 10. The number of azo groups is 2. The zero-order chi connectivity index (χ0) is 43.4. The molecule has 1 aliphatic rings. The number of anilines is 2. The van der Waals surface area contributed by atoms with Crippen LogP contribution < -0.4 is 129 Å². The third-order valence-electron chi connectivity index (χ3n) is 8.74. The summed E-state index contributed by atoms with van der Waals surface area (Å²) in [5.74, 6) is -0.924. The minimum atomic E-state index is -5.26. The van der Waals surface area contributed by atoms with Crippen LogP contribution in [0.4, 0.5) is 34.1 Å². The number of fused-ring (bicyclic) bond motifs is 3. The molecule has 0 radical (unpaired) electrons. The van der Waals surface area contributed by atoms with E-state index in [1.807, 2.05) is 0 Å². The van der Waals surface area contributed by atoms with E-state index in [1.54, 1.807) is 0 Å². The second-order valence-electron chi connectivity index (χ2n) is 12.6. The van der Waals surface area contributed by atoms with Gasteiger partial charge in [0, 0.05) is 32.8 Å². The first-order valence-electron chi connectivity index (χ1n) is 16.5. The molecule has 28 heteroatoms. The SMILES string of the molecule is Nc1ccc2c(c1)C=C(S(=O)(=O)[O-])/C(=N\Nc1ccc(N=Nc3ccc(N=Nc4cccc(S(=O)(=O)[O-])c4)c4cc(S(=O)(=O)[O-])ccc34)c3cc(S(=O)(=O)[O-])ccc13)C2=O.[Na+].[Na+].[Na+].[Na+]. The Morgan fingerprint density at radius 2 is 1.00 bits per heavy atom. The summed E-state index contributed by atoms with van der Waals surface area (Å²) < 4.78 is 143. The van der Waals surface area contributed by atoms with E-state index in [9.17, 15) is 56.7 Å². The quantitative estimate of drug-likeness (QED) is 0.0424. The summed E-state index contributed by atoms with van der Waals surface area (Å²) in [5, 5.41) is 20.7. The maximum atomic E-state index is 13.4. The molecule has 64 heavy (non-hydrogen) atoms. The average molecular weight is 980 g/mol. The van der Waals surface area contributed by atoms with Gasteiger partial charge in [-0.1, -0.05) is 18.2 Å². The summed E-state index contributed by atoms with van der Waals surface area (Å²) in [6, 6.07) is 20.3. The molecular formula is C36H21N7Na4O13S4. The third kappa shape index (κ3) is 12.5. The van der Waals surface area contributed by atoms with Crippen LogP contribution in [0, 0.1) is 0 Å². The predicted molar refractivity (Wildman–Crippen MR) is 210 cm³/mol. The number of carbonyl (C=O) groups is 1. The fraction of sp³-hybridized carbons (Fsp3) is 0. The van der Waals surface area contributed by atoms with Gasteiger partial charge in [-0.15, -0.1) is 15.3 Å². The van der Waals surface area contributed by atoms with E-state index in [1.165, 1.54) is 66.7 Å². The van der Waals surface area contributed by atoms with Crippen molar-refractivity contribution in [3.8, 4) is 0 Å². The van der Waals surface area contributed by atoms with Crippen LogP contribution >= 0.6 is 0 Å². The summed E-state index contributed by atoms with van der Waals surface area (Å²) in [7, 11) is -20.1. The zero-order valence-corrected chi connectivity index (χ0v) is 44.9. The molecule has 0 heterocycles. The van der Waals surface area contributed by atoms with Crippen molar-refractivity contribution in [2.75, 3.05) is 11.2 Å². The number of hydrogen-bond acceptors (Lipinski definition) is 20. The molecule has 0 aliphatic heterocycles. The molecule has 0 saturated heterocycles. The van der Waals surface area contributed by atoms with Crippen molar-refractivity contribution in [2.24, 2.45) is 25.6 Å². The van der Waals surface area contributed by atoms with Crippen LogP contribution in [0.2, 0.25) is 0 Å². The second kappa shape index (κ2) is 21.5. The van der Waals surface area contributed by atoms with Gasteiger partial charge in [-0.05, 0) is 96.6 Å². The van der Waals surface area contributed by atoms with E-state index in [0.717, 1.165) is 42.5 Å². The van der Waals surface area contributed by atoms with E-state index in [2.05, 4.69) is 31.0 Å². The number of carbonyl (C=O) groups excluding carboxylic acids is 1. The van der Waals surface area contributed by atoms with Gasteiger partial charge in [0.2, 0.25) is 5.78 Å². The average Bonchev–Trinajstić information content (AvgIpc) is 3.17. The number of nitrogens with zero attached hydrogens (tertiary/aromatic N) is 5. The fourth-order valence-electron chi connectivity index (χ4n) is 5.97. The number of nitrogens with one attached hydrogen (secondary N) is 1.